The Bertz CT molecular complexity index is 956. The minimum absolute atomic E-state index is 0.0576. The smallest absolute Gasteiger partial charge is 0.237 e. The van der Waals surface area contributed by atoms with E-state index < -0.39 is 16.8 Å². The van der Waals surface area contributed by atoms with Gasteiger partial charge in [-0.25, -0.2) is 9.38 Å². The molecule has 1 aliphatic rings. The molecule has 0 fully saturated rings. The largest absolute Gasteiger partial charge is 0.377 e. The van der Waals surface area contributed by atoms with Crippen LogP contribution in [0.5, 0.6) is 0 Å². The van der Waals surface area contributed by atoms with E-state index in [0.29, 0.717) is 10.7 Å². The number of nitrogens with one attached hydrogen (secondary N) is 2. The van der Waals surface area contributed by atoms with Crippen molar-refractivity contribution in [2.45, 2.75) is 39.3 Å². The van der Waals surface area contributed by atoms with Crippen LogP contribution in [0.1, 0.15) is 45.0 Å². The summed E-state index contributed by atoms with van der Waals surface area (Å²) in [5.74, 6) is -0.623. The monoisotopic (exact) mass is 406 g/mol. The van der Waals surface area contributed by atoms with Gasteiger partial charge in [0.05, 0.1) is 28.4 Å². The van der Waals surface area contributed by atoms with Crippen LogP contribution in [-0.2, 0) is 10.3 Å². The lowest BCUT2D eigenvalue weighted by molar-refractivity contribution is -0.140. The van der Waals surface area contributed by atoms with Crippen LogP contribution in [0.4, 0.5) is 10.1 Å². The van der Waals surface area contributed by atoms with E-state index in [1.807, 2.05) is 6.92 Å². The Hall–Kier alpha value is -2.61. The van der Waals surface area contributed by atoms with Gasteiger partial charge in [-0.1, -0.05) is 11.6 Å². The molecule has 28 heavy (non-hydrogen) atoms. The van der Waals surface area contributed by atoms with Crippen molar-refractivity contribution in [1.29, 1.82) is 0 Å². The number of nitrogens with two attached hydrogens (primary N) is 1. The maximum Gasteiger partial charge on any atom is 0.237 e. The van der Waals surface area contributed by atoms with E-state index in [-0.39, 0.29) is 23.5 Å². The molecule has 0 spiro atoms. The van der Waals surface area contributed by atoms with Gasteiger partial charge in [-0.05, 0) is 45.9 Å². The average Bonchev–Trinajstić information content (AvgIpc) is 3.06. The first-order chi connectivity index (χ1) is 13.0. The maximum absolute atomic E-state index is 14.9. The number of hydrogen-bond acceptors (Lipinski definition) is 5. The Morgan fingerprint density at radius 2 is 2.04 bits per heavy atom. The van der Waals surface area contributed by atoms with E-state index in [1.165, 1.54) is 17.2 Å². The molecule has 1 amide bonds. The van der Waals surface area contributed by atoms with Crippen LogP contribution in [0, 0.1) is 11.2 Å². The van der Waals surface area contributed by atoms with Gasteiger partial charge in [-0.2, -0.15) is 5.10 Å². The summed E-state index contributed by atoms with van der Waals surface area (Å²) in [6.45, 7) is 7.12. The lowest BCUT2D eigenvalue weighted by Gasteiger charge is -2.46. The normalized spacial score (nSPS) is 22.8. The molecule has 0 saturated carbocycles. The Morgan fingerprint density at radius 1 is 1.36 bits per heavy atom. The molecule has 2 unspecified atom stereocenters. The Labute approximate surface area is 168 Å². The number of H-pyrrole nitrogens is 1. The number of benzene rings is 1. The third-order valence-electron chi connectivity index (χ3n) is 5.67. The molecular weight excluding hydrogens is 383 g/mol. The van der Waals surface area contributed by atoms with Gasteiger partial charge in [-0.15, -0.1) is 0 Å². The highest BCUT2D eigenvalue weighted by Crippen LogP contribution is 2.47. The Morgan fingerprint density at radius 3 is 2.64 bits per heavy atom. The summed E-state index contributed by atoms with van der Waals surface area (Å²) in [6.07, 6.45) is 1.52. The number of rotatable bonds is 4. The standard InChI is InChI=1S/C19H24ClFN6O/c1-10(15-13(20)9-23-26-15)24-11-6-7-14(21)12(8-11)19(4)18(2,3)16(28)27(5)17(22)25-19/h6-10,24H,1-5H3,(H2,22,25)(H,23,26). The Kier molecular flexibility index (Phi) is 4.87. The first-order valence-electron chi connectivity index (χ1n) is 8.88. The number of carbonyl (C=O) groups excluding carboxylic acids is 1. The molecular formula is C19H24ClFN6O. The fourth-order valence-electron chi connectivity index (χ4n) is 3.47. The number of halogens is 2. The highest BCUT2D eigenvalue weighted by atomic mass is 35.5. The second-order valence-corrected chi connectivity index (χ2v) is 8.13. The first-order valence-corrected chi connectivity index (χ1v) is 9.25. The first kappa shape index (κ1) is 20.1. The van der Waals surface area contributed by atoms with E-state index in [1.54, 1.807) is 40.0 Å². The fraction of sp³-hybridized carbons (Fsp3) is 0.421. The number of aromatic amines is 1. The van der Waals surface area contributed by atoms with Crippen molar-refractivity contribution in [3.05, 3.63) is 46.5 Å². The van der Waals surface area contributed by atoms with Crippen molar-refractivity contribution in [3.8, 4) is 0 Å². The SMILES string of the molecule is CC(Nc1ccc(F)c(C2(C)N=C(N)N(C)C(=O)C2(C)C)c1)c1[nH]ncc1Cl. The van der Waals surface area contributed by atoms with E-state index in [9.17, 15) is 9.18 Å². The van der Waals surface area contributed by atoms with Gasteiger partial charge in [0.2, 0.25) is 5.91 Å². The van der Waals surface area contributed by atoms with Crippen molar-refractivity contribution in [2.75, 3.05) is 12.4 Å². The molecule has 4 N–H and O–H groups in total. The van der Waals surface area contributed by atoms with Gasteiger partial charge in [0.25, 0.3) is 0 Å². The maximum atomic E-state index is 14.9. The van der Waals surface area contributed by atoms with Gasteiger partial charge in [0.1, 0.15) is 11.4 Å². The Balaban J connectivity index is 2.04. The number of amides is 1. The topological polar surface area (TPSA) is 99.4 Å². The van der Waals surface area contributed by atoms with Crippen LogP contribution in [0.15, 0.2) is 29.4 Å². The molecule has 0 bridgehead atoms. The zero-order chi connectivity index (χ0) is 20.9. The van der Waals surface area contributed by atoms with Crippen LogP contribution in [-0.4, -0.2) is 34.0 Å². The van der Waals surface area contributed by atoms with Crippen molar-refractivity contribution in [3.63, 3.8) is 0 Å². The van der Waals surface area contributed by atoms with Gasteiger partial charge < -0.3 is 11.1 Å². The minimum atomic E-state index is -1.17. The van der Waals surface area contributed by atoms with E-state index >= 15 is 0 Å². The van der Waals surface area contributed by atoms with Crippen molar-refractivity contribution in [1.82, 2.24) is 15.1 Å². The molecule has 2 aromatic rings. The number of hydrogen-bond donors (Lipinski definition) is 3. The summed E-state index contributed by atoms with van der Waals surface area (Å²) in [5.41, 5.74) is 5.44. The highest BCUT2D eigenvalue weighted by Gasteiger charge is 2.53. The van der Waals surface area contributed by atoms with E-state index in [4.69, 9.17) is 17.3 Å². The summed E-state index contributed by atoms with van der Waals surface area (Å²) in [6, 6.07) is 4.45. The second kappa shape index (κ2) is 6.77. The molecule has 0 saturated heterocycles. The molecule has 150 valence electrons. The molecule has 3 rings (SSSR count). The number of nitrogens with zero attached hydrogens (tertiary/aromatic N) is 3. The van der Waals surface area contributed by atoms with Crippen LogP contribution >= 0.6 is 11.6 Å². The van der Waals surface area contributed by atoms with Crippen LogP contribution in [0.2, 0.25) is 5.02 Å². The van der Waals surface area contributed by atoms with Crippen molar-refractivity contribution >= 4 is 29.2 Å². The highest BCUT2D eigenvalue weighted by molar-refractivity contribution is 6.31. The molecule has 0 aliphatic carbocycles. The summed E-state index contributed by atoms with van der Waals surface area (Å²) in [7, 11) is 1.56. The predicted molar refractivity (Wildman–Crippen MR) is 108 cm³/mol. The van der Waals surface area contributed by atoms with Crippen LogP contribution < -0.4 is 11.1 Å². The molecule has 1 aromatic carbocycles. The van der Waals surface area contributed by atoms with Gasteiger partial charge in [0, 0.05) is 18.3 Å². The van der Waals surface area contributed by atoms with Crippen molar-refractivity contribution in [2.24, 2.45) is 16.1 Å². The molecule has 2 atom stereocenters. The van der Waals surface area contributed by atoms with Gasteiger partial charge >= 0.3 is 0 Å². The number of carbonyl (C=O) groups is 1. The second-order valence-electron chi connectivity index (χ2n) is 7.72. The summed E-state index contributed by atoms with van der Waals surface area (Å²) in [5, 5.41) is 10.5. The molecule has 0 radical (unpaired) electrons. The molecule has 9 heteroatoms. The minimum Gasteiger partial charge on any atom is -0.377 e. The predicted octanol–water partition coefficient (Wildman–Crippen LogP) is 3.40. The average molecular weight is 407 g/mol. The quantitative estimate of drug-likeness (QED) is 0.724. The van der Waals surface area contributed by atoms with Crippen LogP contribution in [0.3, 0.4) is 0 Å². The van der Waals surface area contributed by atoms with E-state index in [2.05, 4.69) is 20.5 Å². The van der Waals surface area contributed by atoms with Crippen molar-refractivity contribution < 1.29 is 9.18 Å². The number of aromatic nitrogens is 2. The summed E-state index contributed by atoms with van der Waals surface area (Å²) < 4.78 is 14.9. The zero-order valence-corrected chi connectivity index (χ0v) is 17.2. The summed E-state index contributed by atoms with van der Waals surface area (Å²) in [4.78, 5) is 18.6. The molecule has 2 heterocycles. The summed E-state index contributed by atoms with van der Waals surface area (Å²) >= 11 is 6.12. The van der Waals surface area contributed by atoms with Gasteiger partial charge in [0.15, 0.2) is 5.96 Å². The third-order valence-corrected chi connectivity index (χ3v) is 5.97. The zero-order valence-electron chi connectivity index (χ0n) is 16.5. The third kappa shape index (κ3) is 3.01. The van der Waals surface area contributed by atoms with Gasteiger partial charge in [-0.3, -0.25) is 14.8 Å². The lowest BCUT2D eigenvalue weighted by Crippen LogP contribution is -2.58. The molecule has 7 nitrogen and oxygen atoms in total. The fourth-order valence-corrected chi connectivity index (χ4v) is 3.72. The van der Waals surface area contributed by atoms with E-state index in [0.717, 1.165) is 5.69 Å². The number of anilines is 1. The molecule has 1 aliphatic heterocycles. The molecule has 1 aromatic heterocycles. The lowest BCUT2D eigenvalue weighted by atomic mass is 9.67. The number of guanidine groups is 1. The number of aliphatic imine (C=N–C) groups is 1. The van der Waals surface area contributed by atoms with Crippen LogP contribution in [0.25, 0.3) is 0 Å².